The van der Waals surface area contributed by atoms with Crippen molar-refractivity contribution >= 4 is 19.1 Å². The number of halogens is 1. The zero-order valence-corrected chi connectivity index (χ0v) is 8.49. The zero-order valence-electron chi connectivity index (χ0n) is 8.49. The SMILES string of the molecule is CO[B]Nc1nc2ccc(F)cn2c1C. The Bertz CT molecular complexity index is 485. The van der Waals surface area contributed by atoms with Crippen LogP contribution < -0.4 is 5.23 Å². The lowest BCUT2D eigenvalue weighted by atomic mass is 10.2. The van der Waals surface area contributed by atoms with Crippen LogP contribution in [0.5, 0.6) is 0 Å². The summed E-state index contributed by atoms with van der Waals surface area (Å²) in [6, 6.07) is 3.01. The average Bonchev–Trinajstić information content (AvgIpc) is 2.53. The van der Waals surface area contributed by atoms with E-state index in [0.717, 1.165) is 5.69 Å². The largest absolute Gasteiger partial charge is 0.437 e. The van der Waals surface area contributed by atoms with Gasteiger partial charge in [-0.2, -0.15) is 0 Å². The van der Waals surface area contributed by atoms with E-state index in [9.17, 15) is 4.39 Å². The van der Waals surface area contributed by atoms with Crippen LogP contribution in [0.1, 0.15) is 5.69 Å². The minimum Gasteiger partial charge on any atom is -0.422 e. The minimum absolute atomic E-state index is 0.287. The highest BCUT2D eigenvalue weighted by atomic mass is 19.1. The van der Waals surface area contributed by atoms with Crippen LogP contribution in [0.3, 0.4) is 0 Å². The van der Waals surface area contributed by atoms with Crippen LogP contribution in [0.2, 0.25) is 0 Å². The molecule has 0 unspecified atom stereocenters. The van der Waals surface area contributed by atoms with E-state index < -0.39 is 0 Å². The van der Waals surface area contributed by atoms with Crippen molar-refractivity contribution in [3.63, 3.8) is 0 Å². The monoisotopic (exact) mass is 206 g/mol. The number of nitrogens with zero attached hydrogens (tertiary/aromatic N) is 2. The van der Waals surface area contributed by atoms with Gasteiger partial charge in [0.25, 0.3) is 0 Å². The van der Waals surface area contributed by atoms with Crippen LogP contribution in [0.15, 0.2) is 18.3 Å². The van der Waals surface area contributed by atoms with E-state index in [4.69, 9.17) is 4.65 Å². The molecule has 0 aliphatic heterocycles. The predicted octanol–water partition coefficient (Wildman–Crippen LogP) is 1.37. The van der Waals surface area contributed by atoms with Crippen LogP contribution in [-0.2, 0) is 4.65 Å². The van der Waals surface area contributed by atoms with Crippen molar-refractivity contribution in [1.29, 1.82) is 0 Å². The Labute approximate surface area is 87.4 Å². The smallest absolute Gasteiger partial charge is 0.422 e. The molecule has 1 radical (unpaired) electrons. The van der Waals surface area contributed by atoms with Gasteiger partial charge in [0.05, 0.1) is 5.69 Å². The van der Waals surface area contributed by atoms with E-state index in [2.05, 4.69) is 10.2 Å². The lowest BCUT2D eigenvalue weighted by molar-refractivity contribution is 0.446. The Morgan fingerprint density at radius 3 is 3.07 bits per heavy atom. The van der Waals surface area contributed by atoms with Crippen molar-refractivity contribution in [1.82, 2.24) is 9.38 Å². The van der Waals surface area contributed by atoms with Gasteiger partial charge in [-0.3, -0.25) is 4.40 Å². The van der Waals surface area contributed by atoms with Gasteiger partial charge in [0.15, 0.2) is 0 Å². The van der Waals surface area contributed by atoms with Crippen LogP contribution in [0.4, 0.5) is 10.2 Å². The first kappa shape index (κ1) is 9.98. The molecular formula is C9H10BFN3O. The summed E-state index contributed by atoms with van der Waals surface area (Å²) in [6.45, 7) is 1.85. The first-order chi connectivity index (χ1) is 7.22. The Kier molecular flexibility index (Phi) is 2.59. The number of nitrogens with one attached hydrogen (secondary N) is 1. The third kappa shape index (κ3) is 1.80. The molecule has 0 aliphatic rings. The van der Waals surface area contributed by atoms with Crippen LogP contribution >= 0.6 is 0 Å². The highest BCUT2D eigenvalue weighted by Gasteiger charge is 2.08. The van der Waals surface area contributed by atoms with Gasteiger partial charge in [-0.15, -0.1) is 0 Å². The number of aromatic nitrogens is 2. The van der Waals surface area contributed by atoms with Gasteiger partial charge in [0.1, 0.15) is 17.3 Å². The fourth-order valence-corrected chi connectivity index (χ4v) is 1.39. The number of imidazole rings is 1. The summed E-state index contributed by atoms with van der Waals surface area (Å²) in [5, 5.41) is 2.87. The summed E-state index contributed by atoms with van der Waals surface area (Å²) < 4.78 is 19.4. The molecule has 0 saturated carbocycles. The molecule has 0 aliphatic carbocycles. The van der Waals surface area contributed by atoms with Gasteiger partial charge in [-0.25, -0.2) is 9.37 Å². The molecule has 0 amide bonds. The second kappa shape index (κ2) is 3.90. The molecule has 77 valence electrons. The molecule has 0 fully saturated rings. The number of rotatable bonds is 3. The molecule has 2 heterocycles. The molecule has 0 saturated heterocycles. The lowest BCUT2D eigenvalue weighted by Gasteiger charge is -1.99. The molecule has 15 heavy (non-hydrogen) atoms. The summed E-state index contributed by atoms with van der Waals surface area (Å²) >= 11 is 0. The quantitative estimate of drug-likeness (QED) is 0.770. The van der Waals surface area contributed by atoms with Crippen molar-refractivity contribution in [3.05, 3.63) is 29.8 Å². The minimum atomic E-state index is -0.287. The van der Waals surface area contributed by atoms with Gasteiger partial charge in [0.2, 0.25) is 0 Å². The maximum atomic E-state index is 13.0. The van der Waals surface area contributed by atoms with E-state index in [1.165, 1.54) is 27.0 Å². The summed E-state index contributed by atoms with van der Waals surface area (Å²) in [5.74, 6) is 0.368. The van der Waals surface area contributed by atoms with Crippen molar-refractivity contribution in [2.45, 2.75) is 6.92 Å². The summed E-state index contributed by atoms with van der Waals surface area (Å²) in [7, 11) is 2.96. The molecule has 0 bridgehead atoms. The Morgan fingerprint density at radius 2 is 2.33 bits per heavy atom. The Balaban J connectivity index is 2.45. The molecular weight excluding hydrogens is 196 g/mol. The van der Waals surface area contributed by atoms with Gasteiger partial charge >= 0.3 is 7.62 Å². The molecule has 0 atom stereocenters. The maximum Gasteiger partial charge on any atom is 0.437 e. The topological polar surface area (TPSA) is 38.6 Å². The molecule has 2 aromatic heterocycles. The molecule has 2 rings (SSSR count). The number of pyridine rings is 1. The molecule has 2 aromatic rings. The van der Waals surface area contributed by atoms with Crippen LogP contribution in [0, 0.1) is 12.7 Å². The number of fused-ring (bicyclic) bond motifs is 1. The normalized spacial score (nSPS) is 10.6. The number of hydrogen-bond acceptors (Lipinski definition) is 3. The van der Waals surface area contributed by atoms with Crippen LogP contribution in [-0.4, -0.2) is 24.1 Å². The van der Waals surface area contributed by atoms with Crippen LogP contribution in [0.25, 0.3) is 5.65 Å². The van der Waals surface area contributed by atoms with E-state index in [1.54, 1.807) is 10.5 Å². The third-order valence-electron chi connectivity index (χ3n) is 2.13. The summed E-state index contributed by atoms with van der Waals surface area (Å²) in [4.78, 5) is 4.26. The number of anilines is 1. The number of aryl methyl sites for hydroxylation is 1. The maximum absolute atomic E-state index is 13.0. The van der Waals surface area contributed by atoms with Gasteiger partial charge in [0, 0.05) is 13.3 Å². The Hall–Kier alpha value is -1.56. The molecule has 4 nitrogen and oxygen atoms in total. The second-order valence-electron chi connectivity index (χ2n) is 3.12. The fourth-order valence-electron chi connectivity index (χ4n) is 1.39. The van der Waals surface area contributed by atoms with E-state index in [-0.39, 0.29) is 5.82 Å². The van der Waals surface area contributed by atoms with Crippen molar-refractivity contribution in [3.8, 4) is 0 Å². The summed E-state index contributed by atoms with van der Waals surface area (Å²) in [5.41, 5.74) is 1.53. The van der Waals surface area contributed by atoms with E-state index >= 15 is 0 Å². The highest BCUT2D eigenvalue weighted by molar-refractivity contribution is 6.32. The van der Waals surface area contributed by atoms with E-state index in [0.29, 0.717) is 11.5 Å². The van der Waals surface area contributed by atoms with E-state index in [1.807, 2.05) is 6.92 Å². The van der Waals surface area contributed by atoms with Crippen molar-refractivity contribution in [2.24, 2.45) is 0 Å². The Morgan fingerprint density at radius 1 is 1.53 bits per heavy atom. The third-order valence-corrected chi connectivity index (χ3v) is 2.13. The van der Waals surface area contributed by atoms with Gasteiger partial charge in [-0.1, -0.05) is 0 Å². The highest BCUT2D eigenvalue weighted by Crippen LogP contribution is 2.16. The molecule has 1 N–H and O–H groups in total. The first-order valence-electron chi connectivity index (χ1n) is 4.47. The lowest BCUT2D eigenvalue weighted by Crippen LogP contribution is -2.09. The van der Waals surface area contributed by atoms with Gasteiger partial charge in [-0.05, 0) is 19.1 Å². The average molecular weight is 206 g/mol. The van der Waals surface area contributed by atoms with Gasteiger partial charge < -0.3 is 9.88 Å². The molecule has 0 spiro atoms. The second-order valence-corrected chi connectivity index (χ2v) is 3.12. The summed E-state index contributed by atoms with van der Waals surface area (Å²) in [6.07, 6.45) is 1.40. The standard InChI is InChI=1S/C9H10BFN3O/c1-6-9(13-10-15-2)12-8-4-3-7(11)5-14(6)8/h3-5,13H,1-2H3. The van der Waals surface area contributed by atoms with Crippen molar-refractivity contribution < 1.29 is 9.04 Å². The first-order valence-corrected chi connectivity index (χ1v) is 4.47. The molecule has 0 aromatic carbocycles. The molecule has 6 heteroatoms. The number of hydrogen-bond donors (Lipinski definition) is 1. The zero-order chi connectivity index (χ0) is 10.8. The fraction of sp³-hybridized carbons (Fsp3) is 0.222. The van der Waals surface area contributed by atoms with Crippen molar-refractivity contribution in [2.75, 3.05) is 12.3 Å². The predicted molar refractivity (Wildman–Crippen MR) is 56.3 cm³/mol.